The number of amides is 1. The summed E-state index contributed by atoms with van der Waals surface area (Å²) in [6.45, 7) is 0. The van der Waals surface area contributed by atoms with Gasteiger partial charge in [0.2, 0.25) is 0 Å². The summed E-state index contributed by atoms with van der Waals surface area (Å²) in [7, 11) is 0. The molecule has 104 valence electrons. The summed E-state index contributed by atoms with van der Waals surface area (Å²) in [5, 5.41) is 21.6. The molecule has 0 bridgehead atoms. The molecule has 1 amide bonds. The van der Waals surface area contributed by atoms with E-state index in [0.717, 1.165) is 37.5 Å². The highest BCUT2D eigenvalue weighted by Gasteiger charge is 2.53. The van der Waals surface area contributed by atoms with Crippen molar-refractivity contribution >= 4 is 17.3 Å². The van der Waals surface area contributed by atoms with Crippen LogP contribution in [0.25, 0.3) is 0 Å². The van der Waals surface area contributed by atoms with E-state index in [1.54, 1.807) is 4.90 Å². The van der Waals surface area contributed by atoms with Crippen molar-refractivity contribution in [3.8, 4) is 0 Å². The minimum atomic E-state index is -0.729. The molecule has 0 spiro atoms. The van der Waals surface area contributed by atoms with Crippen LogP contribution in [-0.4, -0.2) is 32.7 Å². The summed E-state index contributed by atoms with van der Waals surface area (Å²) in [5.41, 5.74) is -0.857. The van der Waals surface area contributed by atoms with Crippen LogP contribution in [0, 0.1) is 20.2 Å². The van der Waals surface area contributed by atoms with Gasteiger partial charge in [0.1, 0.15) is 0 Å². The first kappa shape index (κ1) is 12.5. The van der Waals surface area contributed by atoms with Gasteiger partial charge in [-0.1, -0.05) is 0 Å². The zero-order valence-electron chi connectivity index (χ0n) is 10.4. The number of rotatable bonds is 3. The predicted octanol–water partition coefficient (Wildman–Crippen LogP) is 1.88. The largest absolute Gasteiger partial charge is 0.329 e. The van der Waals surface area contributed by atoms with Crippen LogP contribution in [0.3, 0.4) is 0 Å². The van der Waals surface area contributed by atoms with Crippen LogP contribution in [-0.2, 0) is 0 Å². The average Bonchev–Trinajstić information content (AvgIpc) is 2.89. The summed E-state index contributed by atoms with van der Waals surface area (Å²) >= 11 is 0. The normalized spacial score (nSPS) is 23.3. The SMILES string of the molecule is O=C(c1cc([N+](=O)[O-])cc([N+](=O)[O-])c1)N1[C@@H]2CCC[C@@H]21. The number of non-ortho nitro benzene ring substituents is 2. The van der Waals surface area contributed by atoms with Gasteiger partial charge in [0, 0.05) is 12.1 Å². The highest BCUT2D eigenvalue weighted by atomic mass is 16.6. The average molecular weight is 277 g/mol. The number of fused-ring (bicyclic) bond motifs is 1. The molecule has 1 heterocycles. The van der Waals surface area contributed by atoms with Gasteiger partial charge >= 0.3 is 0 Å². The fourth-order valence-corrected chi connectivity index (χ4v) is 2.91. The molecule has 0 aromatic heterocycles. The number of carbonyl (C=O) groups excluding carboxylic acids is 1. The van der Waals surface area contributed by atoms with Gasteiger partial charge in [0.25, 0.3) is 17.3 Å². The number of piperidine rings is 1. The van der Waals surface area contributed by atoms with E-state index in [-0.39, 0.29) is 23.6 Å². The van der Waals surface area contributed by atoms with Gasteiger partial charge in [-0.15, -0.1) is 0 Å². The molecule has 1 aromatic carbocycles. The number of hydrogen-bond donors (Lipinski definition) is 0. The number of benzene rings is 1. The van der Waals surface area contributed by atoms with E-state index < -0.39 is 21.2 Å². The fourth-order valence-electron chi connectivity index (χ4n) is 2.91. The standard InChI is InChI=1S/C12H11N3O5/c16-12(13-10-2-1-3-11(10)13)7-4-8(14(17)18)6-9(5-7)15(19)20/h4-6,10-11H,1-3H2/t10-,11+,13?. The van der Waals surface area contributed by atoms with Gasteiger partial charge in [-0.25, -0.2) is 0 Å². The molecule has 0 unspecified atom stereocenters. The zero-order chi connectivity index (χ0) is 14.4. The Morgan fingerprint density at radius 1 is 1.05 bits per heavy atom. The van der Waals surface area contributed by atoms with Crippen molar-refractivity contribution in [3.63, 3.8) is 0 Å². The number of nitrogens with zero attached hydrogens (tertiary/aromatic N) is 3. The van der Waals surface area contributed by atoms with E-state index >= 15 is 0 Å². The van der Waals surface area contributed by atoms with Crippen molar-refractivity contribution in [3.05, 3.63) is 44.0 Å². The molecular formula is C12H11N3O5. The van der Waals surface area contributed by atoms with Crippen LogP contribution in [0.4, 0.5) is 11.4 Å². The van der Waals surface area contributed by atoms with Crippen molar-refractivity contribution in [1.29, 1.82) is 0 Å². The smallest absolute Gasteiger partial charge is 0.277 e. The Bertz CT molecular complexity index is 587. The van der Waals surface area contributed by atoms with E-state index in [1.165, 1.54) is 0 Å². The third kappa shape index (κ3) is 1.89. The lowest BCUT2D eigenvalue weighted by molar-refractivity contribution is -0.394. The van der Waals surface area contributed by atoms with Crippen molar-refractivity contribution in [1.82, 2.24) is 4.90 Å². The van der Waals surface area contributed by atoms with Gasteiger partial charge in [-0.05, 0) is 19.3 Å². The fraction of sp³-hybridized carbons (Fsp3) is 0.417. The number of nitro benzene ring substituents is 2. The molecule has 1 saturated heterocycles. The third-order valence-electron chi connectivity index (χ3n) is 3.87. The molecule has 8 nitrogen and oxygen atoms in total. The van der Waals surface area contributed by atoms with Crippen molar-refractivity contribution in [2.45, 2.75) is 31.3 Å². The summed E-state index contributed by atoms with van der Waals surface area (Å²) in [4.78, 5) is 34.0. The lowest BCUT2D eigenvalue weighted by Gasteiger charge is -2.07. The Morgan fingerprint density at radius 2 is 1.55 bits per heavy atom. The highest BCUT2D eigenvalue weighted by molar-refractivity contribution is 5.97. The van der Waals surface area contributed by atoms with E-state index in [2.05, 4.69) is 0 Å². The van der Waals surface area contributed by atoms with E-state index in [9.17, 15) is 25.0 Å². The molecule has 2 fully saturated rings. The zero-order valence-corrected chi connectivity index (χ0v) is 10.4. The molecule has 1 aliphatic heterocycles. The summed E-state index contributed by atoms with van der Waals surface area (Å²) in [6, 6.07) is 3.48. The van der Waals surface area contributed by atoms with Crippen molar-refractivity contribution in [2.24, 2.45) is 0 Å². The van der Waals surface area contributed by atoms with Crippen LogP contribution in [0.1, 0.15) is 29.6 Å². The van der Waals surface area contributed by atoms with Crippen molar-refractivity contribution in [2.75, 3.05) is 0 Å². The molecule has 0 N–H and O–H groups in total. The Labute approximate surface area is 113 Å². The third-order valence-corrected chi connectivity index (χ3v) is 3.87. The van der Waals surface area contributed by atoms with Crippen molar-refractivity contribution < 1.29 is 14.6 Å². The van der Waals surface area contributed by atoms with Crippen LogP contribution in [0.2, 0.25) is 0 Å². The predicted molar refractivity (Wildman–Crippen MR) is 67.3 cm³/mol. The first-order chi connectivity index (χ1) is 9.49. The maximum absolute atomic E-state index is 12.3. The van der Waals surface area contributed by atoms with Gasteiger partial charge in [0.15, 0.2) is 0 Å². The number of nitro groups is 2. The molecule has 3 rings (SSSR count). The summed E-state index contributed by atoms with van der Waals surface area (Å²) in [5.74, 6) is -0.355. The molecule has 0 radical (unpaired) electrons. The van der Waals surface area contributed by atoms with Gasteiger partial charge in [-0.2, -0.15) is 0 Å². The molecule has 1 aliphatic carbocycles. The highest BCUT2D eigenvalue weighted by Crippen LogP contribution is 2.43. The van der Waals surface area contributed by atoms with E-state index in [4.69, 9.17) is 0 Å². The minimum absolute atomic E-state index is 0.0142. The Hall–Kier alpha value is -2.51. The van der Waals surface area contributed by atoms with E-state index in [0.29, 0.717) is 0 Å². The molecule has 2 atom stereocenters. The van der Waals surface area contributed by atoms with E-state index in [1.807, 2.05) is 0 Å². The Kier molecular flexibility index (Phi) is 2.66. The summed E-state index contributed by atoms with van der Waals surface area (Å²) in [6.07, 6.45) is 2.95. The Balaban J connectivity index is 1.94. The lowest BCUT2D eigenvalue weighted by atomic mass is 10.1. The lowest BCUT2D eigenvalue weighted by Crippen LogP contribution is -2.17. The molecule has 20 heavy (non-hydrogen) atoms. The van der Waals surface area contributed by atoms with Crippen LogP contribution < -0.4 is 0 Å². The summed E-state index contributed by atoms with van der Waals surface area (Å²) < 4.78 is 0. The monoisotopic (exact) mass is 277 g/mol. The first-order valence-corrected chi connectivity index (χ1v) is 6.25. The topological polar surface area (TPSA) is 106 Å². The second-order valence-electron chi connectivity index (χ2n) is 5.03. The van der Waals surface area contributed by atoms with Crippen LogP contribution in [0.5, 0.6) is 0 Å². The van der Waals surface area contributed by atoms with Gasteiger partial charge < -0.3 is 4.90 Å². The van der Waals surface area contributed by atoms with Crippen LogP contribution in [0.15, 0.2) is 18.2 Å². The van der Waals surface area contributed by atoms with Gasteiger partial charge in [-0.3, -0.25) is 25.0 Å². The second-order valence-corrected chi connectivity index (χ2v) is 5.03. The molecule has 8 heteroatoms. The maximum Gasteiger partial charge on any atom is 0.277 e. The molecular weight excluding hydrogens is 266 g/mol. The minimum Gasteiger partial charge on any atom is -0.329 e. The number of carbonyl (C=O) groups is 1. The first-order valence-electron chi connectivity index (χ1n) is 6.25. The molecule has 1 aromatic rings. The number of likely N-dealkylation sites (tertiary alicyclic amines) is 1. The Morgan fingerprint density at radius 3 is 2.00 bits per heavy atom. The maximum atomic E-state index is 12.3. The number of hydrogen-bond acceptors (Lipinski definition) is 5. The molecule has 2 aliphatic rings. The quantitative estimate of drug-likeness (QED) is 0.476. The van der Waals surface area contributed by atoms with Crippen LogP contribution >= 0.6 is 0 Å². The second kappa shape index (κ2) is 4.26. The molecule has 1 saturated carbocycles. The van der Waals surface area contributed by atoms with Gasteiger partial charge in [0.05, 0.1) is 33.6 Å².